The van der Waals surface area contributed by atoms with Crippen LogP contribution in [0.1, 0.15) is 10.6 Å². The first kappa shape index (κ1) is 29.9. The van der Waals surface area contributed by atoms with Gasteiger partial charge in [-0.25, -0.2) is 4.98 Å². The SMILES string of the molecule is Cc1nc(-c2ccc(N=Cc3ccc(N(CCOS(C)(=O)=O)CCOS(C)(=O)=O)cc3)cc2)cs1.Cl. The van der Waals surface area contributed by atoms with E-state index in [0.717, 1.165) is 45.7 Å². The minimum absolute atomic E-state index is 0. The van der Waals surface area contributed by atoms with Crippen molar-refractivity contribution in [3.8, 4) is 11.3 Å². The maximum atomic E-state index is 11.3. The first-order valence-electron chi connectivity index (χ1n) is 10.6. The van der Waals surface area contributed by atoms with Crippen LogP contribution in [0.3, 0.4) is 0 Å². The van der Waals surface area contributed by atoms with E-state index in [-0.39, 0.29) is 38.7 Å². The molecule has 0 saturated heterocycles. The van der Waals surface area contributed by atoms with E-state index < -0.39 is 20.2 Å². The van der Waals surface area contributed by atoms with Crippen molar-refractivity contribution < 1.29 is 25.2 Å². The largest absolute Gasteiger partial charge is 0.367 e. The van der Waals surface area contributed by atoms with Crippen molar-refractivity contribution in [1.29, 1.82) is 0 Å². The molecule has 0 amide bonds. The number of aliphatic imine (C=N–C) groups is 1. The van der Waals surface area contributed by atoms with Gasteiger partial charge in [0.25, 0.3) is 20.2 Å². The Morgan fingerprint density at radius 2 is 1.47 bits per heavy atom. The molecule has 0 spiro atoms. The number of nitrogens with zero attached hydrogens (tertiary/aromatic N) is 3. The molecule has 0 saturated carbocycles. The van der Waals surface area contributed by atoms with Crippen molar-refractivity contribution in [3.63, 3.8) is 0 Å². The van der Waals surface area contributed by atoms with Crippen LogP contribution in [0.15, 0.2) is 58.9 Å². The smallest absolute Gasteiger partial charge is 0.264 e. The third kappa shape index (κ3) is 10.3. The number of rotatable bonds is 12. The molecule has 0 aliphatic carbocycles. The van der Waals surface area contributed by atoms with Crippen LogP contribution in [0.25, 0.3) is 11.3 Å². The van der Waals surface area contributed by atoms with E-state index in [4.69, 9.17) is 8.37 Å². The van der Waals surface area contributed by atoms with Gasteiger partial charge in [0.05, 0.1) is 42.1 Å². The second-order valence-electron chi connectivity index (χ2n) is 7.69. The summed E-state index contributed by atoms with van der Waals surface area (Å²) in [5.74, 6) is 0. The Kier molecular flexibility index (Phi) is 11.0. The molecule has 0 bridgehead atoms. The van der Waals surface area contributed by atoms with Crippen molar-refractivity contribution in [1.82, 2.24) is 4.98 Å². The zero-order valence-corrected chi connectivity index (χ0v) is 23.3. The lowest BCUT2D eigenvalue weighted by atomic mass is 10.1. The number of benzene rings is 2. The topological polar surface area (TPSA) is 115 Å². The minimum Gasteiger partial charge on any atom is -0.367 e. The van der Waals surface area contributed by atoms with E-state index in [0.29, 0.717) is 0 Å². The molecule has 0 aliphatic heterocycles. The molecule has 3 rings (SSSR count). The van der Waals surface area contributed by atoms with E-state index in [1.165, 1.54) is 0 Å². The van der Waals surface area contributed by atoms with Gasteiger partial charge in [-0.2, -0.15) is 16.8 Å². The first-order valence-corrected chi connectivity index (χ1v) is 15.1. The number of halogens is 1. The third-order valence-electron chi connectivity index (χ3n) is 4.72. The zero-order valence-electron chi connectivity index (χ0n) is 20.0. The van der Waals surface area contributed by atoms with Gasteiger partial charge in [0.15, 0.2) is 0 Å². The number of hydrogen-bond donors (Lipinski definition) is 0. The number of aryl methyl sites for hydroxylation is 1. The van der Waals surface area contributed by atoms with Crippen LogP contribution in [0, 0.1) is 6.92 Å². The summed E-state index contributed by atoms with van der Waals surface area (Å²) in [5.41, 5.74) is 4.43. The fourth-order valence-electron chi connectivity index (χ4n) is 3.10. The monoisotopic (exact) mass is 573 g/mol. The molecule has 3 aromatic rings. The summed E-state index contributed by atoms with van der Waals surface area (Å²) >= 11 is 1.61. The van der Waals surface area contributed by atoms with E-state index in [1.807, 2.05) is 60.8 Å². The highest BCUT2D eigenvalue weighted by Gasteiger charge is 2.11. The lowest BCUT2D eigenvalue weighted by Gasteiger charge is -2.24. The van der Waals surface area contributed by atoms with Gasteiger partial charge in [0, 0.05) is 35.9 Å². The average molecular weight is 574 g/mol. The van der Waals surface area contributed by atoms with E-state index >= 15 is 0 Å². The first-order chi connectivity index (χ1) is 16.5. The minimum atomic E-state index is -3.58. The van der Waals surface area contributed by atoms with Gasteiger partial charge in [0.2, 0.25) is 0 Å². The summed E-state index contributed by atoms with van der Waals surface area (Å²) in [6, 6.07) is 15.3. The lowest BCUT2D eigenvalue weighted by molar-refractivity contribution is 0.309. The predicted molar refractivity (Wildman–Crippen MR) is 147 cm³/mol. The Morgan fingerprint density at radius 3 is 1.94 bits per heavy atom. The van der Waals surface area contributed by atoms with Crippen LogP contribution < -0.4 is 4.90 Å². The van der Waals surface area contributed by atoms with Crippen molar-refractivity contribution in [2.45, 2.75) is 6.92 Å². The molecule has 1 heterocycles. The Morgan fingerprint density at radius 1 is 0.917 bits per heavy atom. The van der Waals surface area contributed by atoms with Crippen molar-refractivity contribution in [2.24, 2.45) is 4.99 Å². The van der Waals surface area contributed by atoms with E-state index in [9.17, 15) is 16.8 Å². The van der Waals surface area contributed by atoms with Gasteiger partial charge in [-0.1, -0.05) is 24.3 Å². The molecule has 2 aromatic carbocycles. The van der Waals surface area contributed by atoms with Gasteiger partial charge in [-0.05, 0) is 36.8 Å². The Balaban J connectivity index is 0.00000456. The lowest BCUT2D eigenvalue weighted by Crippen LogP contribution is -2.32. The fourth-order valence-corrected chi connectivity index (χ4v) is 4.48. The summed E-state index contributed by atoms with van der Waals surface area (Å²) in [7, 11) is -7.16. The molecule has 1 aromatic heterocycles. The fraction of sp³-hybridized carbons (Fsp3) is 0.304. The van der Waals surface area contributed by atoms with Crippen LogP contribution in [-0.4, -0.2) is 66.8 Å². The van der Waals surface area contributed by atoms with Crippen LogP contribution in [-0.2, 0) is 28.6 Å². The maximum absolute atomic E-state index is 11.3. The van der Waals surface area contributed by atoms with Gasteiger partial charge in [-0.3, -0.25) is 13.4 Å². The van der Waals surface area contributed by atoms with Crippen LogP contribution in [0.4, 0.5) is 11.4 Å². The molecular weight excluding hydrogens is 546 g/mol. The highest BCUT2D eigenvalue weighted by atomic mass is 35.5. The number of hydrogen-bond acceptors (Lipinski definition) is 10. The quantitative estimate of drug-likeness (QED) is 0.235. The van der Waals surface area contributed by atoms with Crippen molar-refractivity contribution >= 4 is 61.6 Å². The van der Waals surface area contributed by atoms with Crippen LogP contribution >= 0.6 is 23.7 Å². The van der Waals surface area contributed by atoms with E-state index in [2.05, 4.69) is 9.98 Å². The maximum Gasteiger partial charge on any atom is 0.264 e. The summed E-state index contributed by atoms with van der Waals surface area (Å²) < 4.78 is 54.7. The van der Waals surface area contributed by atoms with Crippen LogP contribution in [0.5, 0.6) is 0 Å². The zero-order chi connectivity index (χ0) is 25.5. The summed E-state index contributed by atoms with van der Waals surface area (Å²) in [6.07, 6.45) is 3.70. The Labute approximate surface area is 222 Å². The normalized spacial score (nSPS) is 12.0. The summed E-state index contributed by atoms with van der Waals surface area (Å²) in [6.45, 7) is 2.30. The standard InChI is InChI=1S/C23H27N3O6S3.ClH/c1-18-25-23(17-33-18)20-6-8-21(9-7-20)24-16-19-4-10-22(11-5-19)26(12-14-31-34(2,27)28)13-15-32-35(3,29)30;/h4-11,16-17H,12-15H2,1-3H3;1H. The molecule has 13 heteroatoms. The molecule has 9 nitrogen and oxygen atoms in total. The van der Waals surface area contributed by atoms with Crippen molar-refractivity contribution in [2.75, 3.05) is 43.7 Å². The highest BCUT2D eigenvalue weighted by molar-refractivity contribution is 7.86. The van der Waals surface area contributed by atoms with E-state index in [1.54, 1.807) is 22.5 Å². The van der Waals surface area contributed by atoms with Gasteiger partial charge < -0.3 is 4.90 Å². The molecule has 196 valence electrons. The molecule has 0 atom stereocenters. The molecule has 0 N–H and O–H groups in total. The molecular formula is C23H28ClN3O6S3. The number of thiazole rings is 1. The van der Waals surface area contributed by atoms with Gasteiger partial charge >= 0.3 is 0 Å². The van der Waals surface area contributed by atoms with Gasteiger partial charge in [0.1, 0.15) is 0 Å². The van der Waals surface area contributed by atoms with Crippen molar-refractivity contribution in [3.05, 3.63) is 64.5 Å². The predicted octanol–water partition coefficient (Wildman–Crippen LogP) is 4.05. The molecule has 0 aliphatic rings. The number of aromatic nitrogens is 1. The third-order valence-corrected chi connectivity index (χ3v) is 6.68. The molecule has 36 heavy (non-hydrogen) atoms. The summed E-state index contributed by atoms with van der Waals surface area (Å²) in [4.78, 5) is 10.8. The Bertz CT molecular complexity index is 1320. The molecule has 0 radical (unpaired) electrons. The van der Waals surface area contributed by atoms with Gasteiger partial charge in [-0.15, -0.1) is 23.7 Å². The number of anilines is 1. The summed E-state index contributed by atoms with van der Waals surface area (Å²) in [5, 5.41) is 3.05. The molecule has 0 unspecified atom stereocenters. The second kappa shape index (κ2) is 13.3. The average Bonchev–Trinajstić information content (AvgIpc) is 3.22. The highest BCUT2D eigenvalue weighted by Crippen LogP contribution is 2.24. The second-order valence-corrected chi connectivity index (χ2v) is 12.0. The Hall–Kier alpha value is -2.35. The van der Waals surface area contributed by atoms with Crippen LogP contribution in [0.2, 0.25) is 0 Å². The molecule has 0 fully saturated rings.